The third kappa shape index (κ3) is 2.92. The average Bonchev–Trinajstić information content (AvgIpc) is 3.02. The van der Waals surface area contributed by atoms with Gasteiger partial charge in [-0.3, -0.25) is 4.79 Å². The second-order valence-corrected chi connectivity index (χ2v) is 6.68. The molecule has 2 aromatic rings. The quantitative estimate of drug-likeness (QED) is 0.932. The Morgan fingerprint density at radius 1 is 1.52 bits per heavy atom. The molecule has 21 heavy (non-hydrogen) atoms. The number of fused-ring (bicyclic) bond motifs is 1. The highest BCUT2D eigenvalue weighted by molar-refractivity contribution is 7.16. The summed E-state index contributed by atoms with van der Waals surface area (Å²) < 4.78 is 1.02. The lowest BCUT2D eigenvalue weighted by molar-refractivity contribution is 0.0699. The molecule has 1 aliphatic rings. The van der Waals surface area contributed by atoms with E-state index in [-0.39, 0.29) is 11.9 Å². The van der Waals surface area contributed by atoms with Crippen LogP contribution in [-0.2, 0) is 0 Å². The van der Waals surface area contributed by atoms with E-state index < -0.39 is 6.10 Å². The number of aromatic nitrogens is 1. The summed E-state index contributed by atoms with van der Waals surface area (Å²) in [4.78, 5) is 20.8. The second kappa shape index (κ2) is 5.71. The molecule has 5 nitrogen and oxygen atoms in total. The van der Waals surface area contributed by atoms with Crippen LogP contribution in [-0.4, -0.2) is 65.1 Å². The summed E-state index contributed by atoms with van der Waals surface area (Å²) >= 11 is 1.53. The average molecular weight is 305 g/mol. The number of likely N-dealkylation sites (tertiary alicyclic amines) is 1. The van der Waals surface area contributed by atoms with E-state index in [9.17, 15) is 9.90 Å². The molecule has 0 aliphatic carbocycles. The molecule has 1 aromatic carbocycles. The Morgan fingerprint density at radius 2 is 2.33 bits per heavy atom. The molecule has 6 heteroatoms. The minimum absolute atomic E-state index is 0.00583. The van der Waals surface area contributed by atoms with Gasteiger partial charge >= 0.3 is 0 Å². The number of likely N-dealkylation sites (N-methyl/N-ethyl adjacent to an activating group) is 1. The number of aliphatic hydroxyl groups is 1. The van der Waals surface area contributed by atoms with E-state index in [1.165, 1.54) is 11.3 Å². The summed E-state index contributed by atoms with van der Waals surface area (Å²) in [6, 6.07) is 5.67. The lowest BCUT2D eigenvalue weighted by Crippen LogP contribution is -2.41. The van der Waals surface area contributed by atoms with Crippen molar-refractivity contribution in [3.05, 3.63) is 29.3 Å². The topological polar surface area (TPSA) is 56.7 Å². The fourth-order valence-corrected chi connectivity index (χ4v) is 3.61. The zero-order valence-corrected chi connectivity index (χ0v) is 13.0. The van der Waals surface area contributed by atoms with Crippen molar-refractivity contribution in [2.24, 2.45) is 0 Å². The summed E-state index contributed by atoms with van der Waals surface area (Å²) in [7, 11) is 3.97. The third-order valence-electron chi connectivity index (χ3n) is 3.81. The standard InChI is InChI=1S/C15H19N3O2S/c1-17(2)7-11-6-12(19)8-18(11)15(20)10-3-4-13-14(5-10)21-9-16-13/h3-5,9,11-12,19H,6-8H2,1-2H3. The molecule has 1 saturated heterocycles. The van der Waals surface area contributed by atoms with Gasteiger partial charge in [0.1, 0.15) is 0 Å². The molecule has 2 heterocycles. The molecule has 2 unspecified atom stereocenters. The maximum Gasteiger partial charge on any atom is 0.254 e. The van der Waals surface area contributed by atoms with E-state index in [2.05, 4.69) is 9.88 Å². The lowest BCUT2D eigenvalue weighted by atomic mass is 10.1. The Morgan fingerprint density at radius 3 is 3.10 bits per heavy atom. The van der Waals surface area contributed by atoms with Crippen LogP contribution < -0.4 is 0 Å². The first-order chi connectivity index (χ1) is 10.0. The number of aliphatic hydroxyl groups excluding tert-OH is 1. The minimum Gasteiger partial charge on any atom is -0.391 e. The summed E-state index contributed by atoms with van der Waals surface area (Å²) in [6.45, 7) is 1.18. The maximum atomic E-state index is 12.7. The molecule has 0 saturated carbocycles. The van der Waals surface area contributed by atoms with Crippen molar-refractivity contribution in [2.45, 2.75) is 18.6 Å². The van der Waals surface area contributed by atoms with Crippen LogP contribution in [0.2, 0.25) is 0 Å². The van der Waals surface area contributed by atoms with Crippen LogP contribution in [0.1, 0.15) is 16.8 Å². The number of hydrogen-bond donors (Lipinski definition) is 1. The van der Waals surface area contributed by atoms with Gasteiger partial charge in [0.15, 0.2) is 0 Å². The van der Waals surface area contributed by atoms with E-state index in [1.807, 2.05) is 32.3 Å². The number of carbonyl (C=O) groups excluding carboxylic acids is 1. The van der Waals surface area contributed by atoms with Gasteiger partial charge in [0, 0.05) is 24.7 Å². The molecular formula is C15H19N3O2S. The van der Waals surface area contributed by atoms with Crippen LogP contribution in [0.5, 0.6) is 0 Å². The monoisotopic (exact) mass is 305 g/mol. The summed E-state index contributed by atoms with van der Waals surface area (Å²) in [5.74, 6) is -0.00583. The zero-order valence-electron chi connectivity index (χ0n) is 12.2. The van der Waals surface area contributed by atoms with Crippen LogP contribution >= 0.6 is 11.3 Å². The number of benzene rings is 1. The van der Waals surface area contributed by atoms with E-state index in [0.29, 0.717) is 18.5 Å². The molecule has 1 aromatic heterocycles. The molecule has 1 fully saturated rings. The highest BCUT2D eigenvalue weighted by Gasteiger charge is 2.34. The highest BCUT2D eigenvalue weighted by Crippen LogP contribution is 2.24. The molecule has 0 bridgehead atoms. The minimum atomic E-state index is -0.425. The Hall–Kier alpha value is -1.50. The second-order valence-electron chi connectivity index (χ2n) is 5.80. The Balaban J connectivity index is 1.85. The third-order valence-corrected chi connectivity index (χ3v) is 4.60. The van der Waals surface area contributed by atoms with E-state index >= 15 is 0 Å². The first-order valence-corrected chi connectivity index (χ1v) is 7.89. The van der Waals surface area contributed by atoms with Crippen LogP contribution in [0.4, 0.5) is 0 Å². The predicted octanol–water partition coefficient (Wildman–Crippen LogP) is 1.43. The number of nitrogens with zero attached hydrogens (tertiary/aromatic N) is 3. The first-order valence-electron chi connectivity index (χ1n) is 7.01. The largest absolute Gasteiger partial charge is 0.391 e. The smallest absolute Gasteiger partial charge is 0.254 e. The normalized spacial score (nSPS) is 22.4. The van der Waals surface area contributed by atoms with E-state index in [1.54, 1.807) is 10.4 Å². The number of β-amino-alcohol motifs (C(OH)–C–C–N with tert-alkyl or cyclic N) is 1. The zero-order chi connectivity index (χ0) is 15.0. The summed E-state index contributed by atoms with van der Waals surface area (Å²) in [6.07, 6.45) is 0.221. The van der Waals surface area contributed by atoms with Gasteiger partial charge in [0.2, 0.25) is 0 Å². The molecule has 1 N–H and O–H groups in total. The van der Waals surface area contributed by atoms with Gasteiger partial charge in [-0.1, -0.05) is 0 Å². The van der Waals surface area contributed by atoms with Crippen LogP contribution in [0, 0.1) is 0 Å². The van der Waals surface area contributed by atoms with Crippen LogP contribution in [0.15, 0.2) is 23.7 Å². The lowest BCUT2D eigenvalue weighted by Gasteiger charge is -2.26. The van der Waals surface area contributed by atoms with Crippen molar-refractivity contribution < 1.29 is 9.90 Å². The van der Waals surface area contributed by atoms with Gasteiger partial charge in [0.25, 0.3) is 5.91 Å². The molecule has 0 radical (unpaired) electrons. The highest BCUT2D eigenvalue weighted by atomic mass is 32.1. The number of carbonyl (C=O) groups is 1. The SMILES string of the molecule is CN(C)CC1CC(O)CN1C(=O)c1ccc2ncsc2c1. The molecule has 112 valence electrons. The van der Waals surface area contributed by atoms with Crippen molar-refractivity contribution >= 4 is 27.5 Å². The van der Waals surface area contributed by atoms with Crippen LogP contribution in [0.25, 0.3) is 10.2 Å². The van der Waals surface area contributed by atoms with Crippen LogP contribution in [0.3, 0.4) is 0 Å². The first kappa shape index (κ1) is 14.4. The maximum absolute atomic E-state index is 12.7. The molecular weight excluding hydrogens is 286 g/mol. The van der Waals surface area contributed by atoms with E-state index in [0.717, 1.165) is 16.8 Å². The van der Waals surface area contributed by atoms with Gasteiger partial charge < -0.3 is 14.9 Å². The Kier molecular flexibility index (Phi) is 3.93. The number of hydrogen-bond acceptors (Lipinski definition) is 5. The number of thiazole rings is 1. The van der Waals surface area contributed by atoms with Gasteiger partial charge in [0.05, 0.1) is 21.8 Å². The van der Waals surface area contributed by atoms with E-state index in [4.69, 9.17) is 0 Å². The molecule has 3 rings (SSSR count). The number of rotatable bonds is 3. The van der Waals surface area contributed by atoms with Crippen molar-refractivity contribution in [3.63, 3.8) is 0 Å². The van der Waals surface area contributed by atoms with Gasteiger partial charge in [-0.25, -0.2) is 4.98 Å². The summed E-state index contributed by atoms with van der Waals surface area (Å²) in [5.41, 5.74) is 3.38. The Bertz CT molecular complexity index is 655. The molecule has 1 amide bonds. The fraction of sp³-hybridized carbons (Fsp3) is 0.467. The summed E-state index contributed by atoms with van der Waals surface area (Å²) in [5, 5.41) is 9.90. The molecule has 0 spiro atoms. The molecule has 1 aliphatic heterocycles. The van der Waals surface area contributed by atoms with Crippen molar-refractivity contribution in [1.29, 1.82) is 0 Å². The van der Waals surface area contributed by atoms with Gasteiger partial charge in [-0.05, 0) is 38.7 Å². The van der Waals surface area contributed by atoms with Crippen molar-refractivity contribution in [1.82, 2.24) is 14.8 Å². The molecule has 2 atom stereocenters. The Labute approximate surface area is 127 Å². The predicted molar refractivity (Wildman–Crippen MR) is 83.6 cm³/mol. The fourth-order valence-electron chi connectivity index (χ4n) is 2.89. The van der Waals surface area contributed by atoms with Gasteiger partial charge in [-0.15, -0.1) is 11.3 Å². The van der Waals surface area contributed by atoms with Gasteiger partial charge in [-0.2, -0.15) is 0 Å². The van der Waals surface area contributed by atoms with Crippen molar-refractivity contribution in [2.75, 3.05) is 27.2 Å². The number of amides is 1. The van der Waals surface area contributed by atoms with Crippen molar-refractivity contribution in [3.8, 4) is 0 Å².